The molecule has 1 aliphatic rings. The van der Waals surface area contributed by atoms with Gasteiger partial charge in [0, 0.05) is 12.1 Å². The largest absolute Gasteiger partial charge is 0.310 e. The fraction of sp³-hybridized carbons (Fsp3) is 0.562. The monoisotopic (exact) mass is 242 g/mol. The SMILES string of the molecule is CC1(NCC(C#N)c2ccccc2)CCCCC1. The maximum atomic E-state index is 9.30. The fourth-order valence-corrected chi connectivity index (χ4v) is 2.78. The first-order chi connectivity index (χ1) is 8.73. The first-order valence-corrected chi connectivity index (χ1v) is 6.93. The molecule has 0 amide bonds. The van der Waals surface area contributed by atoms with Crippen LogP contribution in [0.2, 0.25) is 0 Å². The number of hydrogen-bond acceptors (Lipinski definition) is 2. The smallest absolute Gasteiger partial charge is 0.0837 e. The summed E-state index contributed by atoms with van der Waals surface area (Å²) in [6, 6.07) is 12.5. The van der Waals surface area contributed by atoms with Crippen LogP contribution >= 0.6 is 0 Å². The molecule has 0 spiro atoms. The van der Waals surface area contributed by atoms with Crippen LogP contribution in [0.1, 0.15) is 50.5 Å². The van der Waals surface area contributed by atoms with E-state index in [2.05, 4.69) is 18.3 Å². The van der Waals surface area contributed by atoms with E-state index in [9.17, 15) is 5.26 Å². The summed E-state index contributed by atoms with van der Waals surface area (Å²) in [6.07, 6.45) is 6.45. The Balaban J connectivity index is 1.94. The van der Waals surface area contributed by atoms with E-state index in [4.69, 9.17) is 0 Å². The highest BCUT2D eigenvalue weighted by molar-refractivity contribution is 5.25. The molecule has 1 unspecified atom stereocenters. The lowest BCUT2D eigenvalue weighted by atomic mass is 9.83. The number of nitrogens with one attached hydrogen (secondary N) is 1. The van der Waals surface area contributed by atoms with Gasteiger partial charge in [-0.2, -0.15) is 5.26 Å². The van der Waals surface area contributed by atoms with E-state index in [0.717, 1.165) is 12.1 Å². The second-order valence-corrected chi connectivity index (χ2v) is 5.59. The van der Waals surface area contributed by atoms with Gasteiger partial charge < -0.3 is 5.32 Å². The molecule has 18 heavy (non-hydrogen) atoms. The van der Waals surface area contributed by atoms with Gasteiger partial charge in [-0.15, -0.1) is 0 Å². The molecule has 0 radical (unpaired) electrons. The first-order valence-electron chi connectivity index (χ1n) is 6.93. The average molecular weight is 242 g/mol. The van der Waals surface area contributed by atoms with Crippen LogP contribution in [0.15, 0.2) is 30.3 Å². The number of nitriles is 1. The standard InChI is InChI=1S/C16H22N2/c1-16(10-6-3-7-11-16)18-13-15(12-17)14-8-4-2-5-9-14/h2,4-5,8-9,15,18H,3,6-7,10-11,13H2,1H3. The Morgan fingerprint density at radius 1 is 1.22 bits per heavy atom. The van der Waals surface area contributed by atoms with Gasteiger partial charge in [0.15, 0.2) is 0 Å². The molecule has 1 N–H and O–H groups in total. The zero-order valence-corrected chi connectivity index (χ0v) is 11.2. The lowest BCUT2D eigenvalue weighted by Crippen LogP contribution is -2.45. The highest BCUT2D eigenvalue weighted by Gasteiger charge is 2.27. The Bertz CT molecular complexity index is 399. The normalized spacial score (nSPS) is 20.0. The van der Waals surface area contributed by atoms with Gasteiger partial charge in [-0.05, 0) is 25.3 Å². The van der Waals surface area contributed by atoms with Gasteiger partial charge >= 0.3 is 0 Å². The summed E-state index contributed by atoms with van der Waals surface area (Å²) in [6.45, 7) is 3.06. The van der Waals surface area contributed by atoms with Gasteiger partial charge in [0.25, 0.3) is 0 Å². The van der Waals surface area contributed by atoms with Crippen LogP contribution in [0.25, 0.3) is 0 Å². The van der Waals surface area contributed by atoms with E-state index in [-0.39, 0.29) is 11.5 Å². The third-order valence-electron chi connectivity index (χ3n) is 4.05. The molecule has 2 nitrogen and oxygen atoms in total. The summed E-state index contributed by atoms with van der Waals surface area (Å²) >= 11 is 0. The molecule has 1 saturated carbocycles. The van der Waals surface area contributed by atoms with Crippen LogP contribution < -0.4 is 5.32 Å². The third-order valence-corrected chi connectivity index (χ3v) is 4.05. The van der Waals surface area contributed by atoms with Crippen LogP contribution in [0.4, 0.5) is 0 Å². The number of nitrogens with zero attached hydrogens (tertiary/aromatic N) is 1. The van der Waals surface area contributed by atoms with Crippen molar-refractivity contribution in [2.45, 2.75) is 50.5 Å². The van der Waals surface area contributed by atoms with Crippen molar-refractivity contribution < 1.29 is 0 Å². The molecular weight excluding hydrogens is 220 g/mol. The Hall–Kier alpha value is -1.33. The summed E-state index contributed by atoms with van der Waals surface area (Å²) in [5.41, 5.74) is 1.36. The van der Waals surface area contributed by atoms with Crippen LogP contribution in [-0.2, 0) is 0 Å². The van der Waals surface area contributed by atoms with Crippen molar-refractivity contribution in [2.24, 2.45) is 0 Å². The van der Waals surface area contributed by atoms with E-state index in [1.54, 1.807) is 0 Å². The van der Waals surface area contributed by atoms with E-state index in [0.29, 0.717) is 0 Å². The molecule has 0 aliphatic heterocycles. The molecule has 1 aromatic carbocycles. The molecular formula is C16H22N2. The molecule has 2 heteroatoms. The summed E-state index contributed by atoms with van der Waals surface area (Å²) < 4.78 is 0. The summed E-state index contributed by atoms with van der Waals surface area (Å²) in [7, 11) is 0. The molecule has 1 atom stereocenters. The maximum Gasteiger partial charge on any atom is 0.0837 e. The summed E-state index contributed by atoms with van der Waals surface area (Å²) in [5.74, 6) is -0.0371. The Kier molecular flexibility index (Phi) is 4.38. The van der Waals surface area contributed by atoms with Crippen molar-refractivity contribution in [2.75, 3.05) is 6.54 Å². The highest BCUT2D eigenvalue weighted by Crippen LogP contribution is 2.28. The van der Waals surface area contributed by atoms with E-state index in [1.807, 2.05) is 30.3 Å². The van der Waals surface area contributed by atoms with Gasteiger partial charge in [-0.25, -0.2) is 0 Å². The minimum atomic E-state index is -0.0371. The van der Waals surface area contributed by atoms with Gasteiger partial charge in [-0.1, -0.05) is 49.6 Å². The molecule has 1 aromatic rings. The van der Waals surface area contributed by atoms with Crippen LogP contribution in [0.3, 0.4) is 0 Å². The van der Waals surface area contributed by atoms with Crippen LogP contribution in [0, 0.1) is 11.3 Å². The van der Waals surface area contributed by atoms with E-state index >= 15 is 0 Å². The minimum Gasteiger partial charge on any atom is -0.310 e. The molecule has 0 saturated heterocycles. The first kappa shape index (κ1) is 13.1. The Morgan fingerprint density at radius 3 is 2.50 bits per heavy atom. The maximum absolute atomic E-state index is 9.30. The molecule has 1 aliphatic carbocycles. The van der Waals surface area contributed by atoms with Crippen LogP contribution in [-0.4, -0.2) is 12.1 Å². The van der Waals surface area contributed by atoms with E-state index < -0.39 is 0 Å². The van der Waals surface area contributed by atoms with Crippen molar-refractivity contribution in [1.82, 2.24) is 5.32 Å². The predicted octanol–water partition coefficient (Wildman–Crippen LogP) is 3.61. The van der Waals surface area contributed by atoms with Gasteiger partial charge in [0.2, 0.25) is 0 Å². The van der Waals surface area contributed by atoms with Crippen molar-refractivity contribution in [3.8, 4) is 6.07 Å². The van der Waals surface area contributed by atoms with Gasteiger partial charge in [-0.3, -0.25) is 0 Å². The van der Waals surface area contributed by atoms with Crippen molar-refractivity contribution >= 4 is 0 Å². The van der Waals surface area contributed by atoms with Crippen molar-refractivity contribution in [1.29, 1.82) is 5.26 Å². The van der Waals surface area contributed by atoms with Gasteiger partial charge in [0.05, 0.1) is 12.0 Å². The predicted molar refractivity (Wildman–Crippen MR) is 74.3 cm³/mol. The minimum absolute atomic E-state index is 0.0371. The summed E-state index contributed by atoms with van der Waals surface area (Å²) in [4.78, 5) is 0. The second-order valence-electron chi connectivity index (χ2n) is 5.59. The number of hydrogen-bond donors (Lipinski definition) is 1. The zero-order chi connectivity index (χ0) is 12.8. The molecule has 0 aromatic heterocycles. The second kappa shape index (κ2) is 6.02. The Labute approximate surface area is 110 Å². The van der Waals surface area contributed by atoms with Crippen LogP contribution in [0.5, 0.6) is 0 Å². The number of benzene rings is 1. The zero-order valence-electron chi connectivity index (χ0n) is 11.2. The highest BCUT2D eigenvalue weighted by atomic mass is 15.0. The topological polar surface area (TPSA) is 35.8 Å². The fourth-order valence-electron chi connectivity index (χ4n) is 2.78. The number of rotatable bonds is 4. The Morgan fingerprint density at radius 2 is 1.89 bits per heavy atom. The quantitative estimate of drug-likeness (QED) is 0.875. The lowest BCUT2D eigenvalue weighted by Gasteiger charge is -2.35. The molecule has 0 heterocycles. The van der Waals surface area contributed by atoms with E-state index in [1.165, 1.54) is 32.1 Å². The molecule has 96 valence electrons. The van der Waals surface area contributed by atoms with Crippen molar-refractivity contribution in [3.63, 3.8) is 0 Å². The van der Waals surface area contributed by atoms with Gasteiger partial charge in [0.1, 0.15) is 0 Å². The third kappa shape index (κ3) is 3.34. The lowest BCUT2D eigenvalue weighted by molar-refractivity contribution is 0.253. The summed E-state index contributed by atoms with van der Waals surface area (Å²) in [5, 5.41) is 12.9. The average Bonchev–Trinajstić information content (AvgIpc) is 2.41. The molecule has 1 fully saturated rings. The van der Waals surface area contributed by atoms with Crippen molar-refractivity contribution in [3.05, 3.63) is 35.9 Å². The molecule has 0 bridgehead atoms. The molecule has 2 rings (SSSR count).